The van der Waals surface area contributed by atoms with Gasteiger partial charge < -0.3 is 24.1 Å². The maximum absolute atomic E-state index is 12.7. The fourth-order valence-electron chi connectivity index (χ4n) is 3.35. The van der Waals surface area contributed by atoms with Crippen molar-refractivity contribution in [2.45, 2.75) is 12.8 Å². The number of phenols is 1. The predicted molar refractivity (Wildman–Crippen MR) is 102 cm³/mol. The minimum absolute atomic E-state index is 0.0141. The molecule has 0 atom stereocenters. The van der Waals surface area contributed by atoms with E-state index in [0.717, 1.165) is 11.1 Å². The molecule has 2 aromatic rings. The third kappa shape index (κ3) is 3.30. The monoisotopic (exact) mass is 370 g/mol. The largest absolute Gasteiger partial charge is 0.504 e. The summed E-state index contributed by atoms with van der Waals surface area (Å²) >= 11 is 0. The van der Waals surface area contributed by atoms with Crippen molar-refractivity contribution in [3.63, 3.8) is 0 Å². The summed E-state index contributed by atoms with van der Waals surface area (Å²) in [4.78, 5) is 12.7. The first-order valence-electron chi connectivity index (χ1n) is 8.48. The van der Waals surface area contributed by atoms with E-state index in [1.165, 1.54) is 7.11 Å². The smallest absolute Gasteiger partial charge is 0.203 e. The van der Waals surface area contributed by atoms with Crippen molar-refractivity contribution in [3.05, 3.63) is 41.0 Å². The number of hydrogen-bond acceptors (Lipinski definition) is 6. The van der Waals surface area contributed by atoms with Crippen molar-refractivity contribution in [2.75, 3.05) is 28.4 Å². The molecule has 0 bridgehead atoms. The molecule has 0 amide bonds. The zero-order valence-corrected chi connectivity index (χ0v) is 15.8. The maximum atomic E-state index is 12.7. The van der Waals surface area contributed by atoms with Crippen LogP contribution in [-0.2, 0) is 11.2 Å². The van der Waals surface area contributed by atoms with Crippen molar-refractivity contribution < 1.29 is 28.8 Å². The number of carbonyl (C=O) groups excluding carboxylic acids is 1. The second kappa shape index (κ2) is 7.61. The molecular weight excluding hydrogens is 348 g/mol. The summed E-state index contributed by atoms with van der Waals surface area (Å²) in [5.41, 5.74) is 2.88. The predicted octanol–water partition coefficient (Wildman–Crippen LogP) is 3.48. The van der Waals surface area contributed by atoms with Crippen LogP contribution in [0.4, 0.5) is 0 Å². The Morgan fingerprint density at radius 3 is 2.19 bits per heavy atom. The molecule has 1 aliphatic rings. The van der Waals surface area contributed by atoms with Gasteiger partial charge in [0.1, 0.15) is 0 Å². The molecule has 0 saturated carbocycles. The Hall–Kier alpha value is -3.15. The van der Waals surface area contributed by atoms with E-state index in [9.17, 15) is 9.90 Å². The number of methoxy groups -OCH3 is 4. The molecule has 6 nitrogen and oxygen atoms in total. The van der Waals surface area contributed by atoms with Crippen molar-refractivity contribution >= 4 is 17.4 Å². The number of carbonyl (C=O) groups is 1. The average Bonchev–Trinajstić information content (AvgIpc) is 2.68. The van der Waals surface area contributed by atoms with E-state index in [4.69, 9.17) is 18.9 Å². The molecule has 0 heterocycles. The standard InChI is InChI=1S/C21H22O6/c1-24-18-8-5-12(10-17(18)23)9-15-14-11-19(25-2)21(27-4)20(26-3)13(14)6-7-16(15)22/h5,8-11,23H,6-7H2,1-4H3/b15-9+. The van der Waals surface area contributed by atoms with Crippen molar-refractivity contribution in [1.29, 1.82) is 0 Å². The van der Waals surface area contributed by atoms with Crippen LogP contribution in [0.2, 0.25) is 0 Å². The van der Waals surface area contributed by atoms with Crippen LogP contribution in [-0.4, -0.2) is 39.3 Å². The molecule has 0 radical (unpaired) electrons. The molecule has 2 aromatic carbocycles. The Morgan fingerprint density at radius 1 is 0.889 bits per heavy atom. The first kappa shape index (κ1) is 18.6. The van der Waals surface area contributed by atoms with Crippen LogP contribution in [0.5, 0.6) is 28.7 Å². The molecule has 0 aliphatic heterocycles. The molecule has 0 aromatic heterocycles. The van der Waals surface area contributed by atoms with Gasteiger partial charge in [-0.3, -0.25) is 4.79 Å². The number of aromatic hydroxyl groups is 1. The highest BCUT2D eigenvalue weighted by Crippen LogP contribution is 2.46. The van der Waals surface area contributed by atoms with Crippen molar-refractivity contribution in [1.82, 2.24) is 0 Å². The lowest BCUT2D eigenvalue weighted by atomic mass is 9.84. The third-order valence-electron chi connectivity index (χ3n) is 4.64. The van der Waals surface area contributed by atoms with E-state index in [0.29, 0.717) is 47.0 Å². The van der Waals surface area contributed by atoms with Gasteiger partial charge >= 0.3 is 0 Å². The van der Waals surface area contributed by atoms with Crippen molar-refractivity contribution in [3.8, 4) is 28.7 Å². The fourth-order valence-corrected chi connectivity index (χ4v) is 3.35. The van der Waals surface area contributed by atoms with Gasteiger partial charge in [-0.1, -0.05) is 6.07 Å². The summed E-state index contributed by atoms with van der Waals surface area (Å²) in [6.45, 7) is 0. The number of benzene rings is 2. The molecule has 1 N–H and O–H groups in total. The number of hydrogen-bond donors (Lipinski definition) is 1. The van der Waals surface area contributed by atoms with E-state index in [2.05, 4.69) is 0 Å². The topological polar surface area (TPSA) is 74.2 Å². The average molecular weight is 370 g/mol. The normalized spacial score (nSPS) is 14.7. The minimum Gasteiger partial charge on any atom is -0.504 e. The number of phenolic OH excluding ortho intramolecular Hbond substituents is 1. The number of fused-ring (bicyclic) bond motifs is 1. The fraction of sp³-hybridized carbons (Fsp3) is 0.286. The summed E-state index contributed by atoms with van der Waals surface area (Å²) in [6, 6.07) is 6.80. The van der Waals surface area contributed by atoms with Gasteiger partial charge in [0.15, 0.2) is 28.8 Å². The van der Waals surface area contributed by atoms with Crippen molar-refractivity contribution in [2.24, 2.45) is 0 Å². The molecule has 27 heavy (non-hydrogen) atoms. The number of ketones is 1. The molecule has 0 saturated heterocycles. The van der Waals surface area contributed by atoms with Crippen LogP contribution in [0.15, 0.2) is 24.3 Å². The number of rotatable bonds is 5. The lowest BCUT2D eigenvalue weighted by molar-refractivity contribution is -0.113. The van der Waals surface area contributed by atoms with E-state index in [1.54, 1.807) is 51.7 Å². The molecule has 142 valence electrons. The summed E-state index contributed by atoms with van der Waals surface area (Å²) in [6.07, 6.45) is 2.68. The second-order valence-corrected chi connectivity index (χ2v) is 6.08. The number of Topliss-reactive ketones (excluding diaryl/α,β-unsaturated/α-hetero) is 1. The lowest BCUT2D eigenvalue weighted by Gasteiger charge is -2.24. The van der Waals surface area contributed by atoms with Gasteiger partial charge in [-0.2, -0.15) is 0 Å². The molecule has 0 fully saturated rings. The molecule has 6 heteroatoms. The molecule has 3 rings (SSSR count). The zero-order chi connectivity index (χ0) is 19.6. The highest BCUT2D eigenvalue weighted by molar-refractivity contribution is 6.27. The first-order valence-corrected chi connectivity index (χ1v) is 8.48. The van der Waals surface area contributed by atoms with Gasteiger partial charge in [0, 0.05) is 17.6 Å². The van der Waals surface area contributed by atoms with E-state index >= 15 is 0 Å². The maximum Gasteiger partial charge on any atom is 0.203 e. The van der Waals surface area contributed by atoms with Gasteiger partial charge in [-0.05, 0) is 41.8 Å². The van der Waals surface area contributed by atoms with E-state index < -0.39 is 0 Å². The quantitative estimate of drug-likeness (QED) is 0.813. The highest BCUT2D eigenvalue weighted by Gasteiger charge is 2.29. The molecule has 0 unspecified atom stereocenters. The molecule has 1 aliphatic carbocycles. The summed E-state index contributed by atoms with van der Waals surface area (Å²) in [5, 5.41) is 10.0. The Labute approximate surface area is 157 Å². The minimum atomic E-state index is 0.0141. The van der Waals surface area contributed by atoms with Gasteiger partial charge in [0.05, 0.1) is 28.4 Å². The molecule has 0 spiro atoms. The van der Waals surface area contributed by atoms with Gasteiger partial charge in [-0.15, -0.1) is 0 Å². The summed E-state index contributed by atoms with van der Waals surface area (Å²) in [5.74, 6) is 1.98. The van der Waals surface area contributed by atoms with E-state index in [-0.39, 0.29) is 11.5 Å². The van der Waals surface area contributed by atoms with Gasteiger partial charge in [0.25, 0.3) is 0 Å². The SMILES string of the molecule is COc1ccc(/C=C2/C(=O)CCc3c2cc(OC)c(OC)c3OC)cc1O. The molecular formula is C21H22O6. The third-order valence-corrected chi connectivity index (χ3v) is 4.64. The van der Waals surface area contributed by atoms with Crippen LogP contribution in [0.3, 0.4) is 0 Å². The highest BCUT2D eigenvalue weighted by atomic mass is 16.5. The first-order chi connectivity index (χ1) is 13.0. The van der Waals surface area contributed by atoms with Crippen LogP contribution >= 0.6 is 0 Å². The van der Waals surface area contributed by atoms with Crippen LogP contribution in [0.1, 0.15) is 23.1 Å². The van der Waals surface area contributed by atoms with Crippen LogP contribution in [0.25, 0.3) is 11.6 Å². The van der Waals surface area contributed by atoms with E-state index in [1.807, 2.05) is 0 Å². The second-order valence-electron chi connectivity index (χ2n) is 6.08. The number of ether oxygens (including phenoxy) is 4. The lowest BCUT2D eigenvalue weighted by Crippen LogP contribution is -2.14. The Kier molecular flexibility index (Phi) is 5.26. The Morgan fingerprint density at radius 2 is 1.59 bits per heavy atom. The van der Waals surface area contributed by atoms with Crippen LogP contribution in [0, 0.1) is 0 Å². The summed E-state index contributed by atoms with van der Waals surface area (Å²) in [7, 11) is 6.15. The summed E-state index contributed by atoms with van der Waals surface area (Å²) < 4.78 is 21.5. The van der Waals surface area contributed by atoms with Gasteiger partial charge in [0.2, 0.25) is 5.75 Å². The van der Waals surface area contributed by atoms with Gasteiger partial charge in [-0.25, -0.2) is 0 Å². The van der Waals surface area contributed by atoms with Crippen LogP contribution < -0.4 is 18.9 Å². The Bertz CT molecular complexity index is 913. The number of allylic oxidation sites excluding steroid dienone is 1. The Balaban J connectivity index is 2.19. The zero-order valence-electron chi connectivity index (χ0n) is 15.8.